The Morgan fingerprint density at radius 1 is 1.06 bits per heavy atom. The van der Waals surface area contributed by atoms with Crippen LogP contribution in [0.2, 0.25) is 5.02 Å². The van der Waals surface area contributed by atoms with Gasteiger partial charge in [0, 0.05) is 22.8 Å². The zero-order valence-electron chi connectivity index (χ0n) is 20.5. The zero-order chi connectivity index (χ0) is 24.4. The number of fused-ring (bicyclic) bond motifs is 3. The molecule has 0 radical (unpaired) electrons. The lowest BCUT2D eigenvalue weighted by Crippen LogP contribution is -2.31. The monoisotopic (exact) mass is 478 g/mol. The molecule has 5 rings (SSSR count). The average molecular weight is 479 g/mol. The summed E-state index contributed by atoms with van der Waals surface area (Å²) < 4.78 is 1.82. The minimum absolute atomic E-state index is 0.191. The van der Waals surface area contributed by atoms with Crippen LogP contribution in [0.5, 0.6) is 0 Å². The second kappa shape index (κ2) is 7.85. The Morgan fingerprint density at radius 2 is 1.79 bits per heavy atom. The lowest BCUT2D eigenvalue weighted by Gasteiger charge is -2.33. The van der Waals surface area contributed by atoms with Crippen molar-refractivity contribution in [2.75, 3.05) is 5.32 Å². The molecule has 0 amide bonds. The summed E-state index contributed by atoms with van der Waals surface area (Å²) in [7, 11) is 0. The second-order valence-corrected chi connectivity index (χ2v) is 11.4. The van der Waals surface area contributed by atoms with Crippen LogP contribution in [0.4, 0.5) is 5.95 Å². The Balaban J connectivity index is 1.47. The van der Waals surface area contributed by atoms with Gasteiger partial charge in [0.1, 0.15) is 0 Å². The highest BCUT2D eigenvalue weighted by atomic mass is 35.5. The number of para-hydroxylation sites is 1. The van der Waals surface area contributed by atoms with Crippen molar-refractivity contribution in [2.45, 2.75) is 77.3 Å². The molecule has 34 heavy (non-hydrogen) atoms. The van der Waals surface area contributed by atoms with Gasteiger partial charge in [-0.25, -0.2) is 9.97 Å². The van der Waals surface area contributed by atoms with Crippen molar-refractivity contribution in [3.63, 3.8) is 0 Å². The van der Waals surface area contributed by atoms with Gasteiger partial charge >= 0.3 is 0 Å². The van der Waals surface area contributed by atoms with Crippen molar-refractivity contribution < 1.29 is 0 Å². The molecule has 0 saturated heterocycles. The molecular weight excluding hydrogens is 448 g/mol. The van der Waals surface area contributed by atoms with E-state index in [2.05, 4.69) is 26.1 Å². The maximum atomic E-state index is 6.48. The standard InChI is InChI=1S/C25H31ClN8/c1-13-19(28-12-18(29-13)25(5,6)27)14-10-15(11-14)21-31-22-16-8-7-9-17(26)20(16)30-23(34(22)33-21)32-24(2,3)4/h7-9,12,14-15H,10-11,27H2,1-6H3,(H,30,32). The van der Waals surface area contributed by atoms with E-state index < -0.39 is 5.54 Å². The largest absolute Gasteiger partial charge is 0.350 e. The highest BCUT2D eigenvalue weighted by Crippen LogP contribution is 2.47. The quantitative estimate of drug-likeness (QED) is 0.420. The number of benzene rings is 1. The SMILES string of the molecule is Cc1nc(C(C)(C)N)cnc1C1CC(c2nc3c4cccc(Cl)c4nc(NC(C)(C)C)n3n2)C1. The number of halogens is 1. The summed E-state index contributed by atoms with van der Waals surface area (Å²) >= 11 is 6.48. The molecule has 3 N–H and O–H groups in total. The molecule has 178 valence electrons. The topological polar surface area (TPSA) is 107 Å². The number of aryl methyl sites for hydroxylation is 1. The second-order valence-electron chi connectivity index (χ2n) is 11.0. The molecular formula is C25H31ClN8. The number of nitrogens with two attached hydrogens (primary N) is 1. The van der Waals surface area contributed by atoms with Gasteiger partial charge in [-0.05, 0) is 66.5 Å². The van der Waals surface area contributed by atoms with Crippen LogP contribution in [0.15, 0.2) is 24.4 Å². The first-order valence-electron chi connectivity index (χ1n) is 11.7. The van der Waals surface area contributed by atoms with E-state index in [1.807, 2.05) is 49.7 Å². The minimum atomic E-state index is -0.503. The van der Waals surface area contributed by atoms with Gasteiger partial charge in [0.05, 0.1) is 39.4 Å². The molecule has 1 aliphatic rings. The molecule has 0 unspecified atom stereocenters. The van der Waals surface area contributed by atoms with Crippen molar-refractivity contribution in [3.05, 3.63) is 52.3 Å². The predicted molar refractivity (Wildman–Crippen MR) is 135 cm³/mol. The van der Waals surface area contributed by atoms with Gasteiger partial charge < -0.3 is 11.1 Å². The summed E-state index contributed by atoms with van der Waals surface area (Å²) in [6, 6.07) is 5.76. The normalized spacial score (nSPS) is 18.9. The van der Waals surface area contributed by atoms with E-state index in [-0.39, 0.29) is 11.5 Å². The highest BCUT2D eigenvalue weighted by Gasteiger charge is 2.37. The first kappa shape index (κ1) is 22.9. The number of hydrogen-bond donors (Lipinski definition) is 2. The molecule has 3 heterocycles. The summed E-state index contributed by atoms with van der Waals surface area (Å²) in [6.07, 6.45) is 3.68. The Hall–Kier alpha value is -2.84. The van der Waals surface area contributed by atoms with Crippen LogP contribution in [-0.4, -0.2) is 35.1 Å². The van der Waals surface area contributed by atoms with Crippen LogP contribution in [0.25, 0.3) is 16.6 Å². The Kier molecular flexibility index (Phi) is 5.29. The van der Waals surface area contributed by atoms with Crippen LogP contribution in [0.3, 0.4) is 0 Å². The van der Waals surface area contributed by atoms with E-state index in [9.17, 15) is 0 Å². The van der Waals surface area contributed by atoms with Crippen LogP contribution >= 0.6 is 11.6 Å². The number of rotatable bonds is 4. The first-order chi connectivity index (χ1) is 15.9. The van der Waals surface area contributed by atoms with Crippen molar-refractivity contribution in [2.24, 2.45) is 5.73 Å². The Bertz CT molecular complexity index is 1390. The Labute approximate surface area is 204 Å². The van der Waals surface area contributed by atoms with Gasteiger partial charge in [-0.3, -0.25) is 9.97 Å². The maximum absolute atomic E-state index is 6.48. The van der Waals surface area contributed by atoms with Gasteiger partial charge in [0.15, 0.2) is 11.5 Å². The highest BCUT2D eigenvalue weighted by molar-refractivity contribution is 6.35. The fraction of sp³-hybridized carbons (Fsp3) is 0.480. The van der Waals surface area contributed by atoms with Crippen molar-refractivity contribution in [1.82, 2.24) is 29.5 Å². The van der Waals surface area contributed by atoms with E-state index in [1.54, 1.807) is 0 Å². The van der Waals surface area contributed by atoms with Gasteiger partial charge in [-0.2, -0.15) is 4.52 Å². The van der Waals surface area contributed by atoms with Gasteiger partial charge in [-0.15, -0.1) is 5.10 Å². The molecule has 9 heteroatoms. The predicted octanol–water partition coefficient (Wildman–Crippen LogP) is 5.09. The number of anilines is 1. The summed E-state index contributed by atoms with van der Waals surface area (Å²) in [4.78, 5) is 19.2. The van der Waals surface area contributed by atoms with E-state index >= 15 is 0 Å². The van der Waals surface area contributed by atoms with Crippen LogP contribution in [0, 0.1) is 6.92 Å². The van der Waals surface area contributed by atoms with E-state index in [0.29, 0.717) is 16.9 Å². The lowest BCUT2D eigenvalue weighted by molar-refractivity contribution is 0.329. The number of hydrogen-bond acceptors (Lipinski definition) is 7. The molecule has 1 aliphatic carbocycles. The maximum Gasteiger partial charge on any atom is 0.226 e. The smallest absolute Gasteiger partial charge is 0.226 e. The number of aromatic nitrogens is 6. The van der Waals surface area contributed by atoms with Crippen LogP contribution in [0.1, 0.15) is 82.2 Å². The molecule has 0 atom stereocenters. The molecule has 0 aliphatic heterocycles. The summed E-state index contributed by atoms with van der Waals surface area (Å²) in [5.41, 5.74) is 9.79. The van der Waals surface area contributed by atoms with E-state index in [0.717, 1.165) is 52.3 Å². The molecule has 1 fully saturated rings. The summed E-state index contributed by atoms with van der Waals surface area (Å²) in [5.74, 6) is 2.07. The molecule has 1 aromatic carbocycles. The lowest BCUT2D eigenvalue weighted by atomic mass is 9.72. The minimum Gasteiger partial charge on any atom is -0.350 e. The molecule has 4 aromatic rings. The summed E-state index contributed by atoms with van der Waals surface area (Å²) in [5, 5.41) is 9.83. The van der Waals surface area contributed by atoms with Gasteiger partial charge in [-0.1, -0.05) is 17.7 Å². The fourth-order valence-corrected chi connectivity index (χ4v) is 4.67. The fourth-order valence-electron chi connectivity index (χ4n) is 4.46. The van der Waals surface area contributed by atoms with Crippen molar-refractivity contribution in [3.8, 4) is 0 Å². The van der Waals surface area contributed by atoms with Crippen molar-refractivity contribution in [1.29, 1.82) is 0 Å². The average Bonchev–Trinajstić information content (AvgIpc) is 3.12. The first-order valence-corrected chi connectivity index (χ1v) is 12.0. The third kappa shape index (κ3) is 4.09. The van der Waals surface area contributed by atoms with Gasteiger partial charge in [0.25, 0.3) is 0 Å². The molecule has 0 bridgehead atoms. The Morgan fingerprint density at radius 3 is 2.44 bits per heavy atom. The molecule has 0 spiro atoms. The third-order valence-electron chi connectivity index (χ3n) is 6.29. The number of nitrogens with zero attached hydrogens (tertiary/aromatic N) is 6. The van der Waals surface area contributed by atoms with Crippen molar-refractivity contribution >= 4 is 34.1 Å². The molecule has 1 saturated carbocycles. The van der Waals surface area contributed by atoms with E-state index in [4.69, 9.17) is 42.4 Å². The van der Waals surface area contributed by atoms with Crippen LogP contribution < -0.4 is 11.1 Å². The van der Waals surface area contributed by atoms with Crippen LogP contribution in [-0.2, 0) is 5.54 Å². The number of nitrogens with one attached hydrogen (secondary N) is 1. The zero-order valence-corrected chi connectivity index (χ0v) is 21.3. The summed E-state index contributed by atoms with van der Waals surface area (Å²) in [6.45, 7) is 12.2. The molecule has 8 nitrogen and oxygen atoms in total. The third-order valence-corrected chi connectivity index (χ3v) is 6.60. The molecule has 3 aromatic heterocycles. The van der Waals surface area contributed by atoms with E-state index in [1.165, 1.54) is 0 Å². The van der Waals surface area contributed by atoms with Gasteiger partial charge in [0.2, 0.25) is 5.95 Å².